The van der Waals surface area contributed by atoms with Gasteiger partial charge in [0.25, 0.3) is 0 Å². The summed E-state index contributed by atoms with van der Waals surface area (Å²) in [6, 6.07) is 0. The molecule has 1 unspecified atom stereocenters. The van der Waals surface area contributed by atoms with Crippen LogP contribution in [0.3, 0.4) is 0 Å². The van der Waals surface area contributed by atoms with Crippen molar-refractivity contribution in [3.63, 3.8) is 0 Å². The molecule has 0 saturated carbocycles. The van der Waals surface area contributed by atoms with E-state index >= 15 is 0 Å². The summed E-state index contributed by atoms with van der Waals surface area (Å²) >= 11 is 3.58. The first-order valence-corrected chi connectivity index (χ1v) is 5.91. The second kappa shape index (κ2) is 6.90. The van der Waals surface area contributed by atoms with Crippen molar-refractivity contribution < 1.29 is 4.74 Å². The summed E-state index contributed by atoms with van der Waals surface area (Å²) in [7, 11) is 1.79. The first-order chi connectivity index (χ1) is 5.74. The minimum Gasteiger partial charge on any atom is -0.384 e. The van der Waals surface area contributed by atoms with Crippen LogP contribution in [-0.2, 0) is 4.74 Å². The Kier molecular flexibility index (Phi) is 7.16. The molecule has 0 bridgehead atoms. The molecule has 0 aromatic heterocycles. The van der Waals surface area contributed by atoms with E-state index < -0.39 is 0 Å². The monoisotopic (exact) mass is 236 g/mol. The van der Waals surface area contributed by atoms with Gasteiger partial charge in [-0.25, -0.2) is 0 Å². The molecule has 0 fully saturated rings. The third-order valence-electron chi connectivity index (χ3n) is 2.54. The van der Waals surface area contributed by atoms with E-state index in [-0.39, 0.29) is 0 Å². The molecule has 1 atom stereocenters. The van der Waals surface area contributed by atoms with E-state index in [0.717, 1.165) is 11.9 Å². The first kappa shape index (κ1) is 12.4. The Balaban J connectivity index is 3.95. The van der Waals surface area contributed by atoms with Gasteiger partial charge in [0, 0.05) is 17.9 Å². The number of ether oxygens (including phenoxy) is 1. The Bertz CT molecular complexity index is 100. The lowest BCUT2D eigenvalue weighted by molar-refractivity contribution is 0.0848. The highest BCUT2D eigenvalue weighted by Crippen LogP contribution is 2.31. The van der Waals surface area contributed by atoms with Crippen molar-refractivity contribution in [2.24, 2.45) is 5.41 Å². The molecule has 0 spiro atoms. The smallest absolute Gasteiger partial charge is 0.0526 e. The number of hydrogen-bond acceptors (Lipinski definition) is 1. The van der Waals surface area contributed by atoms with E-state index in [4.69, 9.17) is 4.74 Å². The zero-order chi connectivity index (χ0) is 9.45. The summed E-state index contributed by atoms with van der Waals surface area (Å²) < 4.78 is 5.26. The average Bonchev–Trinajstić information content (AvgIpc) is 2.13. The molecular weight excluding hydrogens is 216 g/mol. The fourth-order valence-corrected chi connectivity index (χ4v) is 2.25. The summed E-state index contributed by atoms with van der Waals surface area (Å²) in [6.45, 7) is 5.37. The van der Waals surface area contributed by atoms with Crippen LogP contribution in [0.4, 0.5) is 0 Å². The molecule has 0 aliphatic heterocycles. The van der Waals surface area contributed by atoms with Crippen LogP contribution in [0.5, 0.6) is 0 Å². The van der Waals surface area contributed by atoms with Crippen molar-refractivity contribution >= 4 is 15.9 Å². The molecule has 0 radical (unpaired) electrons. The lowest BCUT2D eigenvalue weighted by Crippen LogP contribution is -2.27. The fourth-order valence-electron chi connectivity index (χ4n) is 1.41. The molecule has 1 nitrogen and oxygen atoms in total. The van der Waals surface area contributed by atoms with Crippen molar-refractivity contribution in [2.75, 3.05) is 19.0 Å². The molecule has 74 valence electrons. The SMILES string of the molecule is CCCCC(CC)(CBr)COC. The predicted molar refractivity (Wildman–Crippen MR) is 57.9 cm³/mol. The van der Waals surface area contributed by atoms with Crippen molar-refractivity contribution in [1.29, 1.82) is 0 Å². The third-order valence-corrected chi connectivity index (χ3v) is 3.73. The zero-order valence-electron chi connectivity index (χ0n) is 8.53. The van der Waals surface area contributed by atoms with Crippen LogP contribution in [-0.4, -0.2) is 19.0 Å². The van der Waals surface area contributed by atoms with E-state index in [0.29, 0.717) is 5.41 Å². The summed E-state index contributed by atoms with van der Waals surface area (Å²) in [5.74, 6) is 0. The van der Waals surface area contributed by atoms with Gasteiger partial charge in [-0.15, -0.1) is 0 Å². The van der Waals surface area contributed by atoms with Gasteiger partial charge in [0.05, 0.1) is 6.61 Å². The molecule has 0 N–H and O–H groups in total. The summed E-state index contributed by atoms with van der Waals surface area (Å²) in [6.07, 6.45) is 5.06. The van der Waals surface area contributed by atoms with Crippen LogP contribution in [0, 0.1) is 5.41 Å². The summed E-state index contributed by atoms with van der Waals surface area (Å²) in [5.41, 5.74) is 0.380. The van der Waals surface area contributed by atoms with E-state index in [2.05, 4.69) is 29.8 Å². The lowest BCUT2D eigenvalue weighted by atomic mass is 9.83. The summed E-state index contributed by atoms with van der Waals surface area (Å²) in [5, 5.41) is 1.06. The van der Waals surface area contributed by atoms with Gasteiger partial charge in [0.1, 0.15) is 0 Å². The molecular formula is C10H21BrO. The second-order valence-electron chi connectivity index (χ2n) is 3.52. The Hall–Kier alpha value is 0.440. The molecule has 0 saturated heterocycles. The highest BCUT2D eigenvalue weighted by Gasteiger charge is 2.25. The van der Waals surface area contributed by atoms with Crippen molar-refractivity contribution in [3.05, 3.63) is 0 Å². The topological polar surface area (TPSA) is 9.23 Å². The van der Waals surface area contributed by atoms with Crippen molar-refractivity contribution in [3.8, 4) is 0 Å². The van der Waals surface area contributed by atoms with E-state index in [9.17, 15) is 0 Å². The molecule has 0 aromatic carbocycles. The highest BCUT2D eigenvalue weighted by atomic mass is 79.9. The second-order valence-corrected chi connectivity index (χ2v) is 4.08. The van der Waals surface area contributed by atoms with Gasteiger partial charge in [-0.05, 0) is 12.8 Å². The molecule has 0 heterocycles. The van der Waals surface area contributed by atoms with Gasteiger partial charge >= 0.3 is 0 Å². The Morgan fingerprint density at radius 3 is 2.33 bits per heavy atom. The van der Waals surface area contributed by atoms with Gasteiger partial charge in [0.2, 0.25) is 0 Å². The first-order valence-electron chi connectivity index (χ1n) is 4.79. The fraction of sp³-hybridized carbons (Fsp3) is 1.00. The average molecular weight is 237 g/mol. The Morgan fingerprint density at radius 2 is 2.00 bits per heavy atom. The minimum atomic E-state index is 0.380. The van der Waals surface area contributed by atoms with Gasteiger partial charge in [-0.3, -0.25) is 0 Å². The predicted octanol–water partition coefficient (Wildman–Crippen LogP) is 3.61. The molecule has 0 amide bonds. The normalized spacial score (nSPS) is 16.0. The minimum absolute atomic E-state index is 0.380. The molecule has 2 heteroatoms. The quantitative estimate of drug-likeness (QED) is 0.614. The van der Waals surface area contributed by atoms with Gasteiger partial charge < -0.3 is 4.74 Å². The maximum absolute atomic E-state index is 5.26. The number of methoxy groups -OCH3 is 1. The van der Waals surface area contributed by atoms with Crippen LogP contribution in [0.15, 0.2) is 0 Å². The number of halogens is 1. The largest absolute Gasteiger partial charge is 0.384 e. The third kappa shape index (κ3) is 3.90. The van der Waals surface area contributed by atoms with Gasteiger partial charge in [-0.1, -0.05) is 42.6 Å². The zero-order valence-corrected chi connectivity index (χ0v) is 10.1. The van der Waals surface area contributed by atoms with Crippen LogP contribution < -0.4 is 0 Å². The van der Waals surface area contributed by atoms with Crippen molar-refractivity contribution in [2.45, 2.75) is 39.5 Å². The number of hydrogen-bond donors (Lipinski definition) is 0. The standard InChI is InChI=1S/C10H21BrO/c1-4-6-7-10(5-2,8-11)9-12-3/h4-9H2,1-3H3. The highest BCUT2D eigenvalue weighted by molar-refractivity contribution is 9.09. The Labute approximate surface area is 85.0 Å². The number of alkyl halides is 1. The van der Waals surface area contributed by atoms with Crippen LogP contribution in [0.2, 0.25) is 0 Å². The van der Waals surface area contributed by atoms with Gasteiger partial charge in [0.15, 0.2) is 0 Å². The van der Waals surface area contributed by atoms with E-state index in [1.165, 1.54) is 25.7 Å². The van der Waals surface area contributed by atoms with E-state index in [1.54, 1.807) is 7.11 Å². The molecule has 0 rings (SSSR count). The van der Waals surface area contributed by atoms with Crippen LogP contribution in [0.25, 0.3) is 0 Å². The maximum Gasteiger partial charge on any atom is 0.0526 e. The molecule has 0 aliphatic carbocycles. The molecule has 12 heavy (non-hydrogen) atoms. The van der Waals surface area contributed by atoms with Crippen molar-refractivity contribution in [1.82, 2.24) is 0 Å². The summed E-state index contributed by atoms with van der Waals surface area (Å²) in [4.78, 5) is 0. The lowest BCUT2D eigenvalue weighted by Gasteiger charge is -2.29. The van der Waals surface area contributed by atoms with Gasteiger partial charge in [-0.2, -0.15) is 0 Å². The molecule has 0 aromatic rings. The maximum atomic E-state index is 5.26. The van der Waals surface area contributed by atoms with E-state index in [1.807, 2.05) is 0 Å². The Morgan fingerprint density at radius 1 is 1.33 bits per heavy atom. The number of rotatable bonds is 7. The number of unbranched alkanes of at least 4 members (excludes halogenated alkanes) is 1. The molecule has 0 aliphatic rings. The van der Waals surface area contributed by atoms with Crippen LogP contribution >= 0.6 is 15.9 Å². The van der Waals surface area contributed by atoms with Crippen LogP contribution in [0.1, 0.15) is 39.5 Å².